The highest BCUT2D eigenvalue weighted by molar-refractivity contribution is 5.88. The highest BCUT2D eigenvalue weighted by Crippen LogP contribution is 2.23. The minimum Gasteiger partial charge on any atom is -0.365 e. The molecule has 0 radical (unpaired) electrons. The summed E-state index contributed by atoms with van der Waals surface area (Å²) in [4.78, 5) is 25.3. The Morgan fingerprint density at radius 1 is 1.52 bits per heavy atom. The molecule has 1 aliphatic heterocycles. The number of likely N-dealkylation sites (tertiary alicyclic amines) is 1. The van der Waals surface area contributed by atoms with Crippen LogP contribution in [0.5, 0.6) is 0 Å². The first-order chi connectivity index (χ1) is 10.2. The SMILES string of the molecule is C=CC(=O)N1C[C@@H](Nc2ncnc3[nH]ccc23)CC[C@H]1C. The first-order valence-electron chi connectivity index (χ1n) is 7.16. The summed E-state index contributed by atoms with van der Waals surface area (Å²) in [6.07, 6.45) is 6.75. The molecule has 2 N–H and O–H groups in total. The molecule has 2 aromatic heterocycles. The topological polar surface area (TPSA) is 73.9 Å². The minimum absolute atomic E-state index is 0.0107. The van der Waals surface area contributed by atoms with Crippen molar-refractivity contribution in [3.63, 3.8) is 0 Å². The van der Waals surface area contributed by atoms with Crippen molar-refractivity contribution in [2.24, 2.45) is 0 Å². The third kappa shape index (κ3) is 2.61. The number of aromatic nitrogens is 3. The Kier molecular flexibility index (Phi) is 3.60. The predicted octanol–water partition coefficient (Wildman–Crippen LogP) is 1.94. The van der Waals surface area contributed by atoms with Gasteiger partial charge in [0.05, 0.1) is 5.39 Å². The maximum absolute atomic E-state index is 11.9. The summed E-state index contributed by atoms with van der Waals surface area (Å²) in [6, 6.07) is 2.40. The highest BCUT2D eigenvalue weighted by Gasteiger charge is 2.28. The van der Waals surface area contributed by atoms with Crippen LogP contribution >= 0.6 is 0 Å². The normalized spacial score (nSPS) is 22.2. The van der Waals surface area contributed by atoms with E-state index >= 15 is 0 Å². The van der Waals surface area contributed by atoms with Crippen molar-refractivity contribution in [1.29, 1.82) is 0 Å². The van der Waals surface area contributed by atoms with Crippen LogP contribution in [-0.2, 0) is 4.79 Å². The summed E-state index contributed by atoms with van der Waals surface area (Å²) in [5.41, 5.74) is 0.815. The molecule has 1 fully saturated rings. The van der Waals surface area contributed by atoms with Gasteiger partial charge in [-0.25, -0.2) is 9.97 Å². The number of amides is 1. The number of hydrogen-bond donors (Lipinski definition) is 2. The van der Waals surface area contributed by atoms with Gasteiger partial charge in [0, 0.05) is 24.8 Å². The second-order valence-corrected chi connectivity index (χ2v) is 5.42. The monoisotopic (exact) mass is 285 g/mol. The Morgan fingerprint density at radius 2 is 2.38 bits per heavy atom. The Balaban J connectivity index is 1.77. The first kappa shape index (κ1) is 13.6. The lowest BCUT2D eigenvalue weighted by atomic mass is 9.99. The van der Waals surface area contributed by atoms with Crippen molar-refractivity contribution in [2.75, 3.05) is 11.9 Å². The molecule has 1 aliphatic rings. The zero-order valence-electron chi connectivity index (χ0n) is 12.0. The lowest BCUT2D eigenvalue weighted by molar-refractivity contribution is -0.129. The smallest absolute Gasteiger partial charge is 0.246 e. The number of H-pyrrole nitrogens is 1. The van der Waals surface area contributed by atoms with Gasteiger partial charge < -0.3 is 15.2 Å². The number of hydrogen-bond acceptors (Lipinski definition) is 4. The summed E-state index contributed by atoms with van der Waals surface area (Å²) >= 11 is 0. The summed E-state index contributed by atoms with van der Waals surface area (Å²) in [5, 5.41) is 4.41. The highest BCUT2D eigenvalue weighted by atomic mass is 16.2. The Hall–Kier alpha value is -2.37. The van der Waals surface area contributed by atoms with Gasteiger partial charge in [-0.1, -0.05) is 6.58 Å². The number of piperidine rings is 1. The van der Waals surface area contributed by atoms with Gasteiger partial charge in [-0.15, -0.1) is 0 Å². The van der Waals surface area contributed by atoms with E-state index in [1.807, 2.05) is 17.2 Å². The third-order valence-electron chi connectivity index (χ3n) is 4.03. The summed E-state index contributed by atoms with van der Waals surface area (Å²) in [6.45, 7) is 6.32. The number of fused-ring (bicyclic) bond motifs is 1. The van der Waals surface area contributed by atoms with E-state index in [-0.39, 0.29) is 18.0 Å². The predicted molar refractivity (Wildman–Crippen MR) is 81.9 cm³/mol. The van der Waals surface area contributed by atoms with E-state index < -0.39 is 0 Å². The molecular formula is C15H19N5O. The number of aromatic amines is 1. The number of nitrogens with one attached hydrogen (secondary N) is 2. The van der Waals surface area contributed by atoms with Crippen molar-refractivity contribution in [3.05, 3.63) is 31.2 Å². The Bertz CT molecular complexity index is 665. The van der Waals surface area contributed by atoms with Crippen LogP contribution in [0.2, 0.25) is 0 Å². The first-order valence-corrected chi connectivity index (χ1v) is 7.16. The Morgan fingerprint density at radius 3 is 3.19 bits per heavy atom. The number of rotatable bonds is 3. The molecule has 2 aromatic rings. The molecule has 6 nitrogen and oxygen atoms in total. The summed E-state index contributed by atoms with van der Waals surface area (Å²) in [5.74, 6) is 0.801. The quantitative estimate of drug-likeness (QED) is 0.845. The van der Waals surface area contributed by atoms with E-state index in [0.29, 0.717) is 6.54 Å². The molecule has 0 bridgehead atoms. The van der Waals surface area contributed by atoms with Gasteiger partial charge in [0.15, 0.2) is 0 Å². The molecule has 0 spiro atoms. The van der Waals surface area contributed by atoms with Crippen LogP contribution in [0.15, 0.2) is 31.2 Å². The molecule has 1 amide bonds. The van der Waals surface area contributed by atoms with Crippen LogP contribution in [0.1, 0.15) is 19.8 Å². The van der Waals surface area contributed by atoms with Gasteiger partial charge >= 0.3 is 0 Å². The fourth-order valence-electron chi connectivity index (χ4n) is 2.83. The van der Waals surface area contributed by atoms with Crippen LogP contribution in [0, 0.1) is 0 Å². The molecule has 0 unspecified atom stereocenters. The zero-order valence-corrected chi connectivity index (χ0v) is 12.0. The van der Waals surface area contributed by atoms with E-state index in [2.05, 4.69) is 33.8 Å². The van der Waals surface area contributed by atoms with Gasteiger partial charge in [-0.2, -0.15) is 0 Å². The van der Waals surface area contributed by atoms with E-state index in [4.69, 9.17) is 0 Å². The van der Waals surface area contributed by atoms with Crippen LogP contribution in [0.3, 0.4) is 0 Å². The molecule has 110 valence electrons. The van der Waals surface area contributed by atoms with Crippen molar-refractivity contribution < 1.29 is 4.79 Å². The molecule has 0 saturated carbocycles. The van der Waals surface area contributed by atoms with E-state index in [1.165, 1.54) is 6.08 Å². The summed E-state index contributed by atoms with van der Waals surface area (Å²) < 4.78 is 0. The summed E-state index contributed by atoms with van der Waals surface area (Å²) in [7, 11) is 0. The second kappa shape index (κ2) is 5.55. The van der Waals surface area contributed by atoms with Gasteiger partial charge in [-0.05, 0) is 31.9 Å². The lowest BCUT2D eigenvalue weighted by Gasteiger charge is -2.38. The van der Waals surface area contributed by atoms with Gasteiger partial charge in [0.1, 0.15) is 17.8 Å². The molecule has 21 heavy (non-hydrogen) atoms. The fourth-order valence-corrected chi connectivity index (χ4v) is 2.83. The molecule has 3 rings (SSSR count). The lowest BCUT2D eigenvalue weighted by Crippen LogP contribution is -2.49. The van der Waals surface area contributed by atoms with Gasteiger partial charge in [0.2, 0.25) is 5.91 Å². The number of carbonyl (C=O) groups excluding carboxylic acids is 1. The molecule has 1 saturated heterocycles. The fraction of sp³-hybridized carbons (Fsp3) is 0.400. The largest absolute Gasteiger partial charge is 0.365 e. The molecule has 0 aliphatic carbocycles. The van der Waals surface area contributed by atoms with E-state index in [0.717, 1.165) is 29.7 Å². The van der Waals surface area contributed by atoms with Gasteiger partial charge in [-0.3, -0.25) is 4.79 Å². The van der Waals surface area contributed by atoms with Crippen molar-refractivity contribution in [3.8, 4) is 0 Å². The third-order valence-corrected chi connectivity index (χ3v) is 4.03. The van der Waals surface area contributed by atoms with Crippen molar-refractivity contribution >= 4 is 22.8 Å². The van der Waals surface area contributed by atoms with Crippen LogP contribution in [0.25, 0.3) is 11.0 Å². The minimum atomic E-state index is -0.0107. The maximum Gasteiger partial charge on any atom is 0.246 e. The van der Waals surface area contributed by atoms with Crippen molar-refractivity contribution in [2.45, 2.75) is 31.8 Å². The van der Waals surface area contributed by atoms with E-state index in [9.17, 15) is 4.79 Å². The molecule has 0 aromatic carbocycles. The van der Waals surface area contributed by atoms with Crippen LogP contribution in [-0.4, -0.2) is 44.4 Å². The van der Waals surface area contributed by atoms with Gasteiger partial charge in [0.25, 0.3) is 0 Å². The maximum atomic E-state index is 11.9. The number of carbonyl (C=O) groups is 1. The average Bonchev–Trinajstić information content (AvgIpc) is 2.98. The zero-order chi connectivity index (χ0) is 14.8. The molecular weight excluding hydrogens is 266 g/mol. The van der Waals surface area contributed by atoms with Crippen LogP contribution < -0.4 is 5.32 Å². The number of nitrogens with zero attached hydrogens (tertiary/aromatic N) is 3. The molecule has 3 heterocycles. The Labute approximate surface area is 123 Å². The molecule has 6 heteroatoms. The van der Waals surface area contributed by atoms with Crippen LogP contribution in [0.4, 0.5) is 5.82 Å². The average molecular weight is 285 g/mol. The van der Waals surface area contributed by atoms with Crippen molar-refractivity contribution in [1.82, 2.24) is 19.9 Å². The standard InChI is InChI=1S/C15H19N5O/c1-3-13(21)20-8-11(5-4-10(20)2)19-15-12-6-7-16-14(12)17-9-18-15/h3,6-7,9-11H,1,4-5,8H2,2H3,(H2,16,17,18,19)/t10-,11+/m1/s1. The van der Waals surface area contributed by atoms with E-state index in [1.54, 1.807) is 6.33 Å². The molecule has 2 atom stereocenters. The number of anilines is 1. The second-order valence-electron chi connectivity index (χ2n) is 5.42.